The molecule has 4 rings (SSSR count). The molecule has 0 aliphatic rings. The monoisotopic (exact) mass is 452 g/mol. The van der Waals surface area contributed by atoms with Crippen molar-refractivity contribution >= 4 is 11.6 Å². The van der Waals surface area contributed by atoms with Crippen LogP contribution in [0.4, 0.5) is 0 Å². The highest BCUT2D eigenvalue weighted by Gasteiger charge is 2.15. The molecule has 32 heavy (non-hydrogen) atoms. The number of nitrogens with zero attached hydrogens (tertiary/aromatic N) is 7. The highest BCUT2D eigenvalue weighted by molar-refractivity contribution is 6.28. The van der Waals surface area contributed by atoms with Gasteiger partial charge in [0, 0.05) is 17.8 Å². The molecule has 0 bridgehead atoms. The van der Waals surface area contributed by atoms with E-state index in [2.05, 4.69) is 85.5 Å². The van der Waals surface area contributed by atoms with Gasteiger partial charge in [-0.2, -0.15) is 5.10 Å². The molecule has 3 aromatic heterocycles. The summed E-state index contributed by atoms with van der Waals surface area (Å²) in [6, 6.07) is 12.7. The van der Waals surface area contributed by atoms with Gasteiger partial charge in [-0.3, -0.25) is 0 Å². The average molecular weight is 453 g/mol. The van der Waals surface area contributed by atoms with E-state index in [-0.39, 0.29) is 0 Å². The van der Waals surface area contributed by atoms with Crippen molar-refractivity contribution in [3.63, 3.8) is 0 Å². The molecular weight excluding hydrogens is 424 g/mol. The zero-order valence-electron chi connectivity index (χ0n) is 18.6. The minimum absolute atomic E-state index is 0.434. The van der Waals surface area contributed by atoms with Gasteiger partial charge >= 0.3 is 0 Å². The third-order valence-corrected chi connectivity index (χ3v) is 5.82. The Balaban J connectivity index is 1.57. The summed E-state index contributed by atoms with van der Waals surface area (Å²) in [6.45, 7) is 4.97. The smallest absolute Gasteiger partial charge is 0.221 e. The van der Waals surface area contributed by atoms with Gasteiger partial charge in [0.1, 0.15) is 0 Å². The molecule has 0 unspecified atom stereocenters. The first kappa shape index (κ1) is 22.2. The molecule has 0 aliphatic heterocycles. The normalized spacial score (nSPS) is 11.3. The maximum atomic E-state index is 6.31. The lowest BCUT2D eigenvalue weighted by atomic mass is 10.1. The number of hydrogen-bond acceptors (Lipinski definition) is 5. The van der Waals surface area contributed by atoms with Crippen LogP contribution in [0.1, 0.15) is 63.0 Å². The van der Waals surface area contributed by atoms with Gasteiger partial charge in [0.05, 0.1) is 12.2 Å². The number of nitrogens with one attached hydrogen (secondary N) is 1. The van der Waals surface area contributed by atoms with Crippen LogP contribution in [-0.4, -0.2) is 40.0 Å². The molecule has 0 spiro atoms. The fourth-order valence-corrected chi connectivity index (χ4v) is 4.01. The van der Waals surface area contributed by atoms with Gasteiger partial charge in [0.15, 0.2) is 11.6 Å². The molecule has 8 nitrogen and oxygen atoms in total. The molecule has 1 N–H and O–H groups in total. The number of benzene rings is 1. The molecule has 0 saturated carbocycles. The summed E-state index contributed by atoms with van der Waals surface area (Å²) in [5, 5.41) is 19.5. The van der Waals surface area contributed by atoms with E-state index in [4.69, 9.17) is 11.6 Å². The molecule has 0 radical (unpaired) electrons. The van der Waals surface area contributed by atoms with Crippen LogP contribution in [0.5, 0.6) is 0 Å². The summed E-state index contributed by atoms with van der Waals surface area (Å²) >= 11 is 6.31. The van der Waals surface area contributed by atoms with Crippen LogP contribution in [0.25, 0.3) is 17.2 Å². The molecule has 0 fully saturated rings. The Bertz CT molecular complexity index is 1110. The van der Waals surface area contributed by atoms with E-state index in [9.17, 15) is 0 Å². The minimum atomic E-state index is 0.434. The first-order valence-corrected chi connectivity index (χ1v) is 11.7. The summed E-state index contributed by atoms with van der Waals surface area (Å²) in [6.07, 6.45) is 7.59. The Hall–Kier alpha value is -3.00. The zero-order valence-corrected chi connectivity index (χ0v) is 19.4. The fourth-order valence-electron chi connectivity index (χ4n) is 3.82. The number of rotatable bonds is 11. The second kappa shape index (κ2) is 10.5. The minimum Gasteiger partial charge on any atom is -0.311 e. The van der Waals surface area contributed by atoms with Crippen LogP contribution in [-0.2, 0) is 19.4 Å². The number of aryl methyl sites for hydroxylation is 2. The van der Waals surface area contributed by atoms with Crippen molar-refractivity contribution in [1.82, 2.24) is 40.0 Å². The second-order valence-corrected chi connectivity index (χ2v) is 8.32. The first-order chi connectivity index (χ1) is 15.7. The summed E-state index contributed by atoms with van der Waals surface area (Å²) in [5.41, 5.74) is 4.39. The van der Waals surface area contributed by atoms with Gasteiger partial charge < -0.3 is 4.57 Å². The van der Waals surface area contributed by atoms with Gasteiger partial charge in [-0.15, -0.1) is 5.10 Å². The molecule has 4 aromatic rings. The Labute approximate surface area is 193 Å². The standard InChI is InChI=1S/C23H29ClN8/c1-3-5-7-8-18-14-15-20(22-26-29-30-27-22)32(18)19-12-10-17(11-13-19)16-31-23(24)25-21(28-31)9-6-4-2/h10-15H,3-9,16H2,1-2H3,(H,26,27,29,30). The first-order valence-electron chi connectivity index (χ1n) is 11.3. The van der Waals surface area contributed by atoms with Crippen molar-refractivity contribution in [2.75, 3.05) is 0 Å². The summed E-state index contributed by atoms with van der Waals surface area (Å²) in [4.78, 5) is 4.38. The van der Waals surface area contributed by atoms with Crippen LogP contribution in [0.15, 0.2) is 36.4 Å². The largest absolute Gasteiger partial charge is 0.311 e. The quantitative estimate of drug-likeness (QED) is 0.322. The molecule has 0 atom stereocenters. The zero-order chi connectivity index (χ0) is 22.3. The van der Waals surface area contributed by atoms with Crippen molar-refractivity contribution in [2.24, 2.45) is 0 Å². The predicted molar refractivity (Wildman–Crippen MR) is 125 cm³/mol. The lowest BCUT2D eigenvalue weighted by Gasteiger charge is -2.13. The van der Waals surface area contributed by atoms with E-state index in [1.54, 1.807) is 4.68 Å². The topological polar surface area (TPSA) is 90.1 Å². The fraction of sp³-hybridized carbons (Fsp3) is 0.435. The van der Waals surface area contributed by atoms with Crippen molar-refractivity contribution < 1.29 is 0 Å². The number of aromatic nitrogens is 8. The Morgan fingerprint density at radius 2 is 1.75 bits per heavy atom. The summed E-state index contributed by atoms with van der Waals surface area (Å²) in [5.74, 6) is 1.47. The Morgan fingerprint density at radius 3 is 2.47 bits per heavy atom. The lowest BCUT2D eigenvalue weighted by Crippen LogP contribution is -2.05. The number of H-pyrrole nitrogens is 1. The van der Waals surface area contributed by atoms with Crippen LogP contribution < -0.4 is 0 Å². The predicted octanol–water partition coefficient (Wildman–Crippen LogP) is 5.03. The molecule has 168 valence electrons. The number of halogens is 1. The van der Waals surface area contributed by atoms with Gasteiger partial charge in [-0.1, -0.05) is 45.2 Å². The van der Waals surface area contributed by atoms with E-state index >= 15 is 0 Å². The Kier molecular flexibility index (Phi) is 7.32. The van der Waals surface area contributed by atoms with Crippen molar-refractivity contribution in [1.29, 1.82) is 0 Å². The van der Waals surface area contributed by atoms with Crippen molar-refractivity contribution in [2.45, 2.75) is 65.3 Å². The summed E-state index contributed by atoms with van der Waals surface area (Å²) in [7, 11) is 0. The molecule has 9 heteroatoms. The maximum absolute atomic E-state index is 6.31. The molecular formula is C23H29ClN8. The number of hydrogen-bond donors (Lipinski definition) is 1. The van der Waals surface area contributed by atoms with Crippen molar-refractivity contribution in [3.8, 4) is 17.2 Å². The second-order valence-electron chi connectivity index (χ2n) is 7.98. The van der Waals surface area contributed by atoms with E-state index in [1.807, 2.05) is 0 Å². The number of aromatic amines is 1. The van der Waals surface area contributed by atoms with Gasteiger partial charge in [0.25, 0.3) is 0 Å². The van der Waals surface area contributed by atoms with Crippen LogP contribution >= 0.6 is 11.6 Å². The number of tetrazole rings is 1. The van der Waals surface area contributed by atoms with E-state index < -0.39 is 0 Å². The van der Waals surface area contributed by atoms with Crippen LogP contribution in [0.3, 0.4) is 0 Å². The molecule has 0 aliphatic carbocycles. The SMILES string of the molecule is CCCCCc1ccc(-c2nnn[nH]2)n1-c1ccc(Cn2nc(CCCC)nc2Cl)cc1. The van der Waals surface area contributed by atoms with Gasteiger partial charge in [-0.25, -0.2) is 14.8 Å². The van der Waals surface area contributed by atoms with Crippen molar-refractivity contribution in [3.05, 3.63) is 58.8 Å². The highest BCUT2D eigenvalue weighted by atomic mass is 35.5. The van der Waals surface area contributed by atoms with E-state index in [1.165, 1.54) is 18.5 Å². The molecule has 1 aromatic carbocycles. The van der Waals surface area contributed by atoms with Gasteiger partial charge in [-0.05, 0) is 71.1 Å². The molecule has 3 heterocycles. The molecule has 0 saturated heterocycles. The third kappa shape index (κ3) is 5.07. The highest BCUT2D eigenvalue weighted by Crippen LogP contribution is 2.25. The number of unbranched alkanes of at least 4 members (excludes halogenated alkanes) is 3. The van der Waals surface area contributed by atoms with E-state index in [0.717, 1.165) is 54.9 Å². The van der Waals surface area contributed by atoms with Gasteiger partial charge in [0.2, 0.25) is 5.28 Å². The average Bonchev–Trinajstić information content (AvgIpc) is 3.54. The third-order valence-electron chi connectivity index (χ3n) is 5.54. The summed E-state index contributed by atoms with van der Waals surface area (Å²) < 4.78 is 3.99. The molecule has 0 amide bonds. The Morgan fingerprint density at radius 1 is 0.938 bits per heavy atom. The van der Waals surface area contributed by atoms with Crippen LogP contribution in [0, 0.1) is 0 Å². The van der Waals surface area contributed by atoms with E-state index in [0.29, 0.717) is 17.7 Å². The maximum Gasteiger partial charge on any atom is 0.221 e. The van der Waals surface area contributed by atoms with Crippen LogP contribution in [0.2, 0.25) is 5.28 Å². The lowest BCUT2D eigenvalue weighted by molar-refractivity contribution is 0.661.